The van der Waals surface area contributed by atoms with Crippen LogP contribution in [0.2, 0.25) is 0 Å². The van der Waals surface area contributed by atoms with Gasteiger partial charge in [-0.15, -0.1) is 10.2 Å². The summed E-state index contributed by atoms with van der Waals surface area (Å²) in [6.45, 7) is 7.87. The van der Waals surface area contributed by atoms with Crippen molar-refractivity contribution in [2.75, 3.05) is 6.61 Å². The molecule has 1 aliphatic rings. The number of hydrogen-bond donors (Lipinski definition) is 1. The molecule has 0 aromatic carbocycles. The molecule has 2 rings (SSSR count). The number of hydrogen-bond acceptors (Lipinski definition) is 3. The van der Waals surface area contributed by atoms with Gasteiger partial charge in [-0.3, -0.25) is 0 Å². The van der Waals surface area contributed by atoms with Gasteiger partial charge in [-0.1, -0.05) is 20.8 Å². The lowest BCUT2D eigenvalue weighted by Crippen LogP contribution is -2.24. The van der Waals surface area contributed by atoms with Gasteiger partial charge in [0.1, 0.15) is 11.6 Å². The molecular weight excluding hydrogens is 202 g/mol. The Bertz CT molecular complexity index is 365. The summed E-state index contributed by atoms with van der Waals surface area (Å²) in [6.07, 6.45) is 2.87. The summed E-state index contributed by atoms with van der Waals surface area (Å²) >= 11 is 0. The molecule has 0 saturated carbocycles. The highest BCUT2D eigenvalue weighted by Gasteiger charge is 2.24. The van der Waals surface area contributed by atoms with E-state index in [2.05, 4.69) is 35.5 Å². The number of fused-ring (bicyclic) bond motifs is 1. The minimum Gasteiger partial charge on any atom is -0.396 e. The number of aliphatic hydroxyl groups excluding tert-OH is 1. The van der Waals surface area contributed by atoms with Gasteiger partial charge in [0.2, 0.25) is 0 Å². The molecule has 90 valence electrons. The van der Waals surface area contributed by atoms with Crippen LogP contribution in [0.5, 0.6) is 0 Å². The molecule has 1 atom stereocenters. The predicted molar refractivity (Wildman–Crippen MR) is 62.1 cm³/mol. The van der Waals surface area contributed by atoms with E-state index < -0.39 is 0 Å². The highest BCUT2D eigenvalue weighted by molar-refractivity contribution is 5.02. The number of rotatable bonds is 2. The summed E-state index contributed by atoms with van der Waals surface area (Å²) in [4.78, 5) is 0. The lowest BCUT2D eigenvalue weighted by molar-refractivity contribution is 0.198. The molecule has 0 spiro atoms. The first-order valence-electron chi connectivity index (χ1n) is 6.01. The fourth-order valence-corrected chi connectivity index (χ4v) is 2.21. The molecule has 16 heavy (non-hydrogen) atoms. The molecule has 0 saturated heterocycles. The minimum atomic E-state index is 0.248. The van der Waals surface area contributed by atoms with Gasteiger partial charge in [0, 0.05) is 26.0 Å². The smallest absolute Gasteiger partial charge is 0.133 e. The Kier molecular flexibility index (Phi) is 3.02. The largest absolute Gasteiger partial charge is 0.396 e. The van der Waals surface area contributed by atoms with Crippen molar-refractivity contribution in [3.63, 3.8) is 0 Å². The predicted octanol–water partition coefficient (Wildman–Crippen LogP) is 1.42. The number of aromatic nitrogens is 3. The molecule has 1 aromatic heterocycles. The summed E-state index contributed by atoms with van der Waals surface area (Å²) in [5.41, 5.74) is 0.248. The zero-order chi connectivity index (χ0) is 11.8. The third-order valence-corrected chi connectivity index (χ3v) is 3.08. The van der Waals surface area contributed by atoms with Gasteiger partial charge < -0.3 is 9.67 Å². The fraction of sp³-hybridized carbons (Fsp3) is 0.833. The second-order valence-corrected chi connectivity index (χ2v) is 5.96. The Morgan fingerprint density at radius 1 is 1.38 bits per heavy atom. The highest BCUT2D eigenvalue weighted by atomic mass is 16.3. The van der Waals surface area contributed by atoms with Crippen molar-refractivity contribution in [2.45, 2.75) is 46.6 Å². The van der Waals surface area contributed by atoms with E-state index in [0.29, 0.717) is 5.92 Å². The molecule has 1 unspecified atom stereocenters. The standard InChI is InChI=1S/C12H21N3O/c1-12(2,3)7-11-14-13-10-6-9(8-16)4-5-15(10)11/h9,16H,4-8H2,1-3H3. The number of aliphatic hydroxyl groups is 1. The van der Waals surface area contributed by atoms with Crippen LogP contribution in [0.1, 0.15) is 38.8 Å². The summed E-state index contributed by atoms with van der Waals surface area (Å²) in [5, 5.41) is 17.7. The lowest BCUT2D eigenvalue weighted by Gasteiger charge is -2.24. The van der Waals surface area contributed by atoms with Crippen LogP contribution in [-0.2, 0) is 19.4 Å². The van der Waals surface area contributed by atoms with E-state index in [1.165, 1.54) is 0 Å². The second-order valence-electron chi connectivity index (χ2n) is 5.96. The molecule has 0 fully saturated rings. The van der Waals surface area contributed by atoms with E-state index in [-0.39, 0.29) is 12.0 Å². The van der Waals surface area contributed by atoms with Gasteiger partial charge in [0.15, 0.2) is 0 Å². The molecule has 1 aliphatic heterocycles. The topological polar surface area (TPSA) is 50.9 Å². The highest BCUT2D eigenvalue weighted by Crippen LogP contribution is 2.24. The van der Waals surface area contributed by atoms with E-state index >= 15 is 0 Å². The monoisotopic (exact) mass is 223 g/mol. The third-order valence-electron chi connectivity index (χ3n) is 3.08. The molecule has 0 bridgehead atoms. The maximum Gasteiger partial charge on any atom is 0.133 e. The van der Waals surface area contributed by atoms with E-state index in [4.69, 9.17) is 5.11 Å². The minimum absolute atomic E-state index is 0.248. The molecule has 0 radical (unpaired) electrons. The van der Waals surface area contributed by atoms with Gasteiger partial charge in [0.25, 0.3) is 0 Å². The zero-order valence-electron chi connectivity index (χ0n) is 10.4. The molecule has 2 heterocycles. The van der Waals surface area contributed by atoms with Crippen LogP contribution in [0.3, 0.4) is 0 Å². The summed E-state index contributed by atoms with van der Waals surface area (Å²) in [6, 6.07) is 0. The van der Waals surface area contributed by atoms with Crippen molar-refractivity contribution in [1.29, 1.82) is 0 Å². The van der Waals surface area contributed by atoms with Crippen LogP contribution in [-0.4, -0.2) is 26.5 Å². The Balaban J connectivity index is 2.16. The zero-order valence-corrected chi connectivity index (χ0v) is 10.4. The summed E-state index contributed by atoms with van der Waals surface area (Å²) in [5.74, 6) is 2.52. The molecule has 4 heteroatoms. The van der Waals surface area contributed by atoms with E-state index in [1.54, 1.807) is 0 Å². The average molecular weight is 223 g/mol. The van der Waals surface area contributed by atoms with Crippen LogP contribution in [0, 0.1) is 11.3 Å². The maximum atomic E-state index is 9.15. The fourth-order valence-electron chi connectivity index (χ4n) is 2.21. The maximum absolute atomic E-state index is 9.15. The van der Waals surface area contributed by atoms with Crippen LogP contribution in [0.25, 0.3) is 0 Å². The van der Waals surface area contributed by atoms with Crippen LogP contribution >= 0.6 is 0 Å². The van der Waals surface area contributed by atoms with Crippen molar-refractivity contribution in [1.82, 2.24) is 14.8 Å². The van der Waals surface area contributed by atoms with Gasteiger partial charge in [-0.2, -0.15) is 0 Å². The van der Waals surface area contributed by atoms with Crippen molar-refractivity contribution >= 4 is 0 Å². The summed E-state index contributed by atoms with van der Waals surface area (Å²) < 4.78 is 2.23. The first-order valence-corrected chi connectivity index (χ1v) is 6.01. The van der Waals surface area contributed by atoms with E-state index in [9.17, 15) is 0 Å². The first-order chi connectivity index (χ1) is 7.49. The van der Waals surface area contributed by atoms with Crippen molar-refractivity contribution in [3.05, 3.63) is 11.6 Å². The Labute approximate surface area is 96.7 Å². The van der Waals surface area contributed by atoms with Gasteiger partial charge in [-0.25, -0.2) is 0 Å². The molecule has 0 amide bonds. The normalized spacial score (nSPS) is 20.9. The summed E-state index contributed by atoms with van der Waals surface area (Å²) in [7, 11) is 0. The van der Waals surface area contributed by atoms with Gasteiger partial charge >= 0.3 is 0 Å². The Hall–Kier alpha value is -0.900. The van der Waals surface area contributed by atoms with Crippen LogP contribution in [0.4, 0.5) is 0 Å². The second kappa shape index (κ2) is 4.17. The van der Waals surface area contributed by atoms with Crippen molar-refractivity contribution in [2.24, 2.45) is 11.3 Å². The molecule has 1 N–H and O–H groups in total. The average Bonchev–Trinajstić information content (AvgIpc) is 2.58. The molecule has 4 nitrogen and oxygen atoms in total. The third kappa shape index (κ3) is 2.43. The van der Waals surface area contributed by atoms with Crippen LogP contribution < -0.4 is 0 Å². The van der Waals surface area contributed by atoms with E-state index in [0.717, 1.165) is 37.5 Å². The van der Waals surface area contributed by atoms with E-state index in [1.807, 2.05) is 0 Å². The molecule has 1 aromatic rings. The SMILES string of the molecule is CC(C)(C)Cc1nnc2n1CCC(CO)C2. The van der Waals surface area contributed by atoms with Gasteiger partial charge in [-0.05, 0) is 17.8 Å². The molecular formula is C12H21N3O. The number of nitrogens with zero attached hydrogens (tertiary/aromatic N) is 3. The first kappa shape index (κ1) is 11.6. The van der Waals surface area contributed by atoms with Crippen molar-refractivity contribution in [3.8, 4) is 0 Å². The Morgan fingerprint density at radius 3 is 2.75 bits per heavy atom. The molecule has 0 aliphatic carbocycles. The quantitative estimate of drug-likeness (QED) is 0.825. The van der Waals surface area contributed by atoms with Crippen LogP contribution in [0.15, 0.2) is 0 Å². The van der Waals surface area contributed by atoms with Crippen molar-refractivity contribution < 1.29 is 5.11 Å². The lowest BCUT2D eigenvalue weighted by atomic mass is 9.91. The Morgan fingerprint density at radius 2 is 2.12 bits per heavy atom. The van der Waals surface area contributed by atoms with Gasteiger partial charge in [0.05, 0.1) is 0 Å².